The highest BCUT2D eigenvalue weighted by atomic mass is 35.5. The standard InChI is InChI=1S/C15H15ClN2O2S/c1-19-13-6-5-11(14(16)15(13)20-2)12(8-17)18-9-10-4-3-7-21-10/h3-7,12,18H,9H2,1-2H3. The van der Waals surface area contributed by atoms with E-state index in [1.807, 2.05) is 17.5 Å². The minimum Gasteiger partial charge on any atom is -0.493 e. The van der Waals surface area contributed by atoms with Gasteiger partial charge in [-0.15, -0.1) is 11.3 Å². The molecule has 2 rings (SSSR count). The maximum Gasteiger partial charge on any atom is 0.179 e. The Bertz CT molecular complexity index is 638. The molecule has 21 heavy (non-hydrogen) atoms. The summed E-state index contributed by atoms with van der Waals surface area (Å²) >= 11 is 7.97. The van der Waals surface area contributed by atoms with Gasteiger partial charge in [-0.05, 0) is 17.5 Å². The number of ether oxygens (including phenoxy) is 2. The van der Waals surface area contributed by atoms with Gasteiger partial charge >= 0.3 is 0 Å². The van der Waals surface area contributed by atoms with Crippen LogP contribution in [0.15, 0.2) is 29.6 Å². The molecule has 1 atom stereocenters. The third kappa shape index (κ3) is 3.48. The van der Waals surface area contributed by atoms with Crippen LogP contribution in [0.1, 0.15) is 16.5 Å². The average Bonchev–Trinajstić information content (AvgIpc) is 3.02. The van der Waals surface area contributed by atoms with Crippen molar-refractivity contribution in [3.05, 3.63) is 45.1 Å². The van der Waals surface area contributed by atoms with Gasteiger partial charge in [0.25, 0.3) is 0 Å². The Hall–Kier alpha value is -1.74. The van der Waals surface area contributed by atoms with Crippen molar-refractivity contribution in [2.75, 3.05) is 14.2 Å². The summed E-state index contributed by atoms with van der Waals surface area (Å²) in [5.41, 5.74) is 0.674. The first-order valence-corrected chi connectivity index (χ1v) is 7.52. The van der Waals surface area contributed by atoms with E-state index in [2.05, 4.69) is 11.4 Å². The molecule has 0 bridgehead atoms. The van der Waals surface area contributed by atoms with Gasteiger partial charge in [0.2, 0.25) is 0 Å². The van der Waals surface area contributed by atoms with E-state index in [9.17, 15) is 5.26 Å². The van der Waals surface area contributed by atoms with Gasteiger partial charge in [-0.3, -0.25) is 5.32 Å². The van der Waals surface area contributed by atoms with Crippen LogP contribution in [0.25, 0.3) is 0 Å². The SMILES string of the molecule is COc1ccc(C(C#N)NCc2cccs2)c(Cl)c1OC. The molecule has 6 heteroatoms. The van der Waals surface area contributed by atoms with Gasteiger partial charge in [0.05, 0.1) is 25.3 Å². The molecule has 0 aliphatic heterocycles. The minimum absolute atomic E-state index is 0.391. The number of benzene rings is 1. The normalized spacial score (nSPS) is 11.7. The molecule has 1 heterocycles. The molecule has 0 aliphatic carbocycles. The van der Waals surface area contributed by atoms with Gasteiger partial charge < -0.3 is 9.47 Å². The van der Waals surface area contributed by atoms with E-state index >= 15 is 0 Å². The molecule has 2 aromatic rings. The monoisotopic (exact) mass is 322 g/mol. The van der Waals surface area contributed by atoms with Crippen LogP contribution in [0, 0.1) is 11.3 Å². The van der Waals surface area contributed by atoms with Crippen molar-refractivity contribution in [2.24, 2.45) is 0 Å². The van der Waals surface area contributed by atoms with Gasteiger partial charge in [0.1, 0.15) is 6.04 Å². The summed E-state index contributed by atoms with van der Waals surface area (Å²) in [6.45, 7) is 0.612. The Labute approximate surface area is 132 Å². The summed E-state index contributed by atoms with van der Waals surface area (Å²) < 4.78 is 10.5. The molecule has 0 amide bonds. The van der Waals surface area contributed by atoms with Gasteiger partial charge in [-0.2, -0.15) is 5.26 Å². The van der Waals surface area contributed by atoms with E-state index < -0.39 is 6.04 Å². The molecule has 0 aliphatic rings. The molecule has 0 spiro atoms. The van der Waals surface area contributed by atoms with Crippen LogP contribution in [-0.2, 0) is 6.54 Å². The number of nitrogens with one attached hydrogen (secondary N) is 1. The zero-order chi connectivity index (χ0) is 15.2. The largest absolute Gasteiger partial charge is 0.493 e. The Morgan fingerprint density at radius 1 is 1.33 bits per heavy atom. The van der Waals surface area contributed by atoms with E-state index in [-0.39, 0.29) is 0 Å². The van der Waals surface area contributed by atoms with Crippen molar-refractivity contribution in [1.82, 2.24) is 5.32 Å². The third-order valence-electron chi connectivity index (χ3n) is 3.02. The van der Waals surface area contributed by atoms with Crippen LogP contribution in [0.3, 0.4) is 0 Å². The topological polar surface area (TPSA) is 54.3 Å². The average molecular weight is 323 g/mol. The van der Waals surface area contributed by atoms with Gasteiger partial charge in [-0.1, -0.05) is 23.7 Å². The summed E-state index contributed by atoms with van der Waals surface area (Å²) in [7, 11) is 3.07. The van der Waals surface area contributed by atoms with Crippen molar-refractivity contribution in [3.63, 3.8) is 0 Å². The van der Waals surface area contributed by atoms with Crippen LogP contribution in [0.2, 0.25) is 5.02 Å². The Kier molecular flexibility index (Phi) is 5.45. The predicted octanol–water partition coefficient (Wildman–Crippen LogP) is 3.77. The van der Waals surface area contributed by atoms with Crippen molar-refractivity contribution in [2.45, 2.75) is 12.6 Å². The molecule has 0 radical (unpaired) electrons. The van der Waals surface area contributed by atoms with E-state index in [1.165, 1.54) is 7.11 Å². The number of hydrogen-bond acceptors (Lipinski definition) is 5. The van der Waals surface area contributed by atoms with E-state index in [4.69, 9.17) is 21.1 Å². The molecule has 1 N–H and O–H groups in total. The quantitative estimate of drug-likeness (QED) is 0.879. The maximum absolute atomic E-state index is 9.38. The lowest BCUT2D eigenvalue weighted by Crippen LogP contribution is -2.19. The molecular weight excluding hydrogens is 308 g/mol. The second-order valence-electron chi connectivity index (χ2n) is 4.23. The number of methoxy groups -OCH3 is 2. The highest BCUT2D eigenvalue weighted by Crippen LogP contribution is 2.39. The molecule has 0 saturated heterocycles. The van der Waals surface area contributed by atoms with Gasteiger partial charge in [0, 0.05) is 17.0 Å². The number of nitriles is 1. The lowest BCUT2D eigenvalue weighted by molar-refractivity contribution is 0.354. The fourth-order valence-corrected chi connectivity index (χ4v) is 2.97. The second kappa shape index (κ2) is 7.32. The van der Waals surface area contributed by atoms with E-state index in [1.54, 1.807) is 30.6 Å². The number of thiophene rings is 1. The third-order valence-corrected chi connectivity index (χ3v) is 4.28. The van der Waals surface area contributed by atoms with Gasteiger partial charge in [-0.25, -0.2) is 0 Å². The van der Waals surface area contributed by atoms with Gasteiger partial charge in [0.15, 0.2) is 11.5 Å². The summed E-state index contributed by atoms with van der Waals surface area (Å²) in [4.78, 5) is 1.16. The highest BCUT2D eigenvalue weighted by molar-refractivity contribution is 7.09. The lowest BCUT2D eigenvalue weighted by atomic mass is 10.1. The van der Waals surface area contributed by atoms with Crippen LogP contribution < -0.4 is 14.8 Å². The molecule has 0 fully saturated rings. The van der Waals surface area contributed by atoms with Crippen LogP contribution in [0.5, 0.6) is 11.5 Å². The number of nitrogens with zero attached hydrogens (tertiary/aromatic N) is 1. The van der Waals surface area contributed by atoms with Crippen molar-refractivity contribution >= 4 is 22.9 Å². The fourth-order valence-electron chi connectivity index (χ4n) is 1.97. The van der Waals surface area contributed by atoms with Crippen molar-refractivity contribution in [1.29, 1.82) is 5.26 Å². The lowest BCUT2D eigenvalue weighted by Gasteiger charge is -2.16. The molecular formula is C15H15ClN2O2S. The number of halogens is 1. The van der Waals surface area contributed by atoms with Crippen LogP contribution in [0.4, 0.5) is 0 Å². The van der Waals surface area contributed by atoms with E-state index in [0.717, 1.165) is 4.88 Å². The number of hydrogen-bond donors (Lipinski definition) is 1. The first-order valence-electron chi connectivity index (χ1n) is 6.27. The number of rotatable bonds is 6. The first-order chi connectivity index (χ1) is 10.2. The van der Waals surface area contributed by atoms with E-state index in [0.29, 0.717) is 28.6 Å². The van der Waals surface area contributed by atoms with Crippen molar-refractivity contribution < 1.29 is 9.47 Å². The van der Waals surface area contributed by atoms with Crippen LogP contribution in [-0.4, -0.2) is 14.2 Å². The molecule has 0 saturated carbocycles. The molecule has 1 unspecified atom stereocenters. The Balaban J connectivity index is 2.24. The summed E-state index contributed by atoms with van der Waals surface area (Å²) in [6.07, 6.45) is 0. The molecule has 4 nitrogen and oxygen atoms in total. The van der Waals surface area contributed by atoms with Crippen molar-refractivity contribution in [3.8, 4) is 17.6 Å². The fraction of sp³-hybridized carbons (Fsp3) is 0.267. The summed E-state index contributed by atoms with van der Waals surface area (Å²) in [6, 6.07) is 9.23. The zero-order valence-corrected chi connectivity index (χ0v) is 13.3. The summed E-state index contributed by atoms with van der Waals surface area (Å²) in [5, 5.41) is 15.0. The zero-order valence-electron chi connectivity index (χ0n) is 11.7. The second-order valence-corrected chi connectivity index (χ2v) is 5.64. The first kappa shape index (κ1) is 15.6. The smallest absolute Gasteiger partial charge is 0.179 e. The minimum atomic E-state index is -0.514. The molecule has 1 aromatic heterocycles. The Morgan fingerprint density at radius 3 is 2.71 bits per heavy atom. The maximum atomic E-state index is 9.38. The highest BCUT2D eigenvalue weighted by Gasteiger charge is 2.19. The summed E-state index contributed by atoms with van der Waals surface area (Å²) in [5.74, 6) is 0.982. The molecule has 1 aromatic carbocycles. The molecule has 110 valence electrons. The van der Waals surface area contributed by atoms with Crippen LogP contribution >= 0.6 is 22.9 Å². The predicted molar refractivity (Wildman–Crippen MR) is 84.1 cm³/mol. The Morgan fingerprint density at radius 2 is 2.14 bits per heavy atom.